The molecule has 2 N–H and O–H groups in total. The molecule has 0 saturated heterocycles. The molecule has 0 aliphatic heterocycles. The summed E-state index contributed by atoms with van der Waals surface area (Å²) in [4.78, 5) is 0. The molecule has 0 unspecified atom stereocenters. The van der Waals surface area contributed by atoms with Gasteiger partial charge in [0.25, 0.3) is 0 Å². The summed E-state index contributed by atoms with van der Waals surface area (Å²) >= 11 is 0. The monoisotopic (exact) mass is 225 g/mol. The number of rotatable bonds is 2. The number of benzene rings is 2. The Hall–Kier alpha value is -1.76. The van der Waals surface area contributed by atoms with Gasteiger partial charge in [-0.1, -0.05) is 50.2 Å². The van der Waals surface area contributed by atoms with Crippen LogP contribution in [-0.2, 0) is 0 Å². The van der Waals surface area contributed by atoms with Crippen molar-refractivity contribution in [3.05, 3.63) is 53.6 Å². The van der Waals surface area contributed by atoms with E-state index in [2.05, 4.69) is 50.2 Å². The van der Waals surface area contributed by atoms with Crippen LogP contribution in [0.2, 0.25) is 0 Å². The first-order valence-corrected chi connectivity index (χ1v) is 6.04. The normalized spacial score (nSPS) is 10.8. The maximum absolute atomic E-state index is 5.94. The molecule has 0 aliphatic rings. The molecule has 88 valence electrons. The summed E-state index contributed by atoms with van der Waals surface area (Å²) in [5, 5.41) is 0. The van der Waals surface area contributed by atoms with E-state index in [9.17, 15) is 0 Å². The van der Waals surface area contributed by atoms with Gasteiger partial charge in [-0.2, -0.15) is 0 Å². The molecule has 0 heterocycles. The lowest BCUT2D eigenvalue weighted by atomic mass is 9.98. The highest BCUT2D eigenvalue weighted by molar-refractivity contribution is 5.69. The summed E-state index contributed by atoms with van der Waals surface area (Å²) in [6.45, 7) is 6.44. The Bertz CT molecular complexity index is 510. The smallest absolute Gasteiger partial charge is 0.0349 e. The minimum absolute atomic E-state index is 0.576. The van der Waals surface area contributed by atoms with Crippen LogP contribution in [0.15, 0.2) is 42.5 Å². The number of aryl methyl sites for hydroxylation is 1. The maximum Gasteiger partial charge on any atom is 0.0349 e. The van der Waals surface area contributed by atoms with Gasteiger partial charge < -0.3 is 5.73 Å². The van der Waals surface area contributed by atoms with E-state index in [0.717, 1.165) is 11.3 Å². The van der Waals surface area contributed by atoms with Gasteiger partial charge in [0.2, 0.25) is 0 Å². The Labute approximate surface area is 103 Å². The van der Waals surface area contributed by atoms with Crippen molar-refractivity contribution in [1.29, 1.82) is 0 Å². The highest BCUT2D eigenvalue weighted by Crippen LogP contribution is 2.25. The molecule has 0 aromatic heterocycles. The molecule has 2 aromatic carbocycles. The van der Waals surface area contributed by atoms with E-state index < -0.39 is 0 Å². The topological polar surface area (TPSA) is 26.0 Å². The van der Waals surface area contributed by atoms with Crippen LogP contribution in [0.25, 0.3) is 11.1 Å². The third kappa shape index (κ3) is 2.50. The van der Waals surface area contributed by atoms with Crippen molar-refractivity contribution in [2.24, 2.45) is 0 Å². The van der Waals surface area contributed by atoms with Crippen molar-refractivity contribution in [3.63, 3.8) is 0 Å². The Balaban J connectivity index is 2.36. The molecular weight excluding hydrogens is 206 g/mol. The molecule has 17 heavy (non-hydrogen) atoms. The average Bonchev–Trinajstić information content (AvgIpc) is 2.33. The lowest BCUT2D eigenvalue weighted by Crippen LogP contribution is -1.90. The molecule has 0 fully saturated rings. The summed E-state index contributed by atoms with van der Waals surface area (Å²) in [7, 11) is 0. The Morgan fingerprint density at radius 1 is 0.882 bits per heavy atom. The van der Waals surface area contributed by atoms with E-state index in [-0.39, 0.29) is 0 Å². The van der Waals surface area contributed by atoms with Gasteiger partial charge in [-0.25, -0.2) is 0 Å². The zero-order valence-electron chi connectivity index (χ0n) is 10.7. The van der Waals surface area contributed by atoms with Crippen LogP contribution in [0, 0.1) is 6.92 Å². The quantitative estimate of drug-likeness (QED) is 0.755. The summed E-state index contributed by atoms with van der Waals surface area (Å²) in [6.07, 6.45) is 0. The van der Waals surface area contributed by atoms with Crippen molar-refractivity contribution < 1.29 is 0 Å². The van der Waals surface area contributed by atoms with Gasteiger partial charge in [0.1, 0.15) is 0 Å². The van der Waals surface area contributed by atoms with Crippen molar-refractivity contribution in [2.45, 2.75) is 26.7 Å². The molecule has 1 heteroatoms. The first-order chi connectivity index (χ1) is 8.08. The average molecular weight is 225 g/mol. The highest BCUT2D eigenvalue weighted by atomic mass is 14.5. The fourth-order valence-corrected chi connectivity index (χ4v) is 1.88. The van der Waals surface area contributed by atoms with Crippen LogP contribution in [0.1, 0.15) is 30.9 Å². The maximum atomic E-state index is 5.94. The third-order valence-electron chi connectivity index (χ3n) is 3.19. The Kier molecular flexibility index (Phi) is 3.19. The van der Waals surface area contributed by atoms with E-state index in [1.165, 1.54) is 16.7 Å². The second-order valence-corrected chi connectivity index (χ2v) is 4.85. The van der Waals surface area contributed by atoms with Gasteiger partial charge >= 0.3 is 0 Å². The van der Waals surface area contributed by atoms with Gasteiger partial charge in [-0.05, 0) is 41.2 Å². The molecule has 0 saturated carbocycles. The van der Waals surface area contributed by atoms with Crippen LogP contribution in [-0.4, -0.2) is 0 Å². The predicted molar refractivity (Wildman–Crippen MR) is 75.1 cm³/mol. The molecule has 0 aliphatic carbocycles. The minimum atomic E-state index is 0.576. The predicted octanol–water partition coefficient (Wildman–Crippen LogP) is 4.37. The van der Waals surface area contributed by atoms with E-state index in [1.54, 1.807) is 0 Å². The van der Waals surface area contributed by atoms with Crippen molar-refractivity contribution in [1.82, 2.24) is 0 Å². The van der Waals surface area contributed by atoms with Crippen LogP contribution in [0.4, 0.5) is 5.69 Å². The Morgan fingerprint density at radius 2 is 1.47 bits per heavy atom. The molecule has 0 amide bonds. The second kappa shape index (κ2) is 4.62. The van der Waals surface area contributed by atoms with Gasteiger partial charge in [-0.15, -0.1) is 0 Å². The van der Waals surface area contributed by atoms with Crippen molar-refractivity contribution >= 4 is 5.69 Å². The Morgan fingerprint density at radius 3 is 2.00 bits per heavy atom. The zero-order valence-corrected chi connectivity index (χ0v) is 10.7. The first kappa shape index (κ1) is 11.7. The number of nitrogen functional groups attached to an aromatic ring is 1. The molecule has 0 atom stereocenters. The molecule has 2 aromatic rings. The van der Waals surface area contributed by atoms with E-state index in [4.69, 9.17) is 5.73 Å². The number of nitrogens with two attached hydrogens (primary N) is 1. The molecular formula is C16H19N. The van der Waals surface area contributed by atoms with Crippen molar-refractivity contribution in [3.8, 4) is 11.1 Å². The fraction of sp³-hybridized carbons (Fsp3) is 0.250. The molecule has 2 rings (SSSR count). The number of hydrogen-bond donors (Lipinski definition) is 1. The van der Waals surface area contributed by atoms with Crippen LogP contribution < -0.4 is 5.73 Å². The summed E-state index contributed by atoms with van der Waals surface area (Å²) in [5.74, 6) is 0.576. The van der Waals surface area contributed by atoms with Crippen LogP contribution in [0.5, 0.6) is 0 Å². The molecule has 1 nitrogen and oxygen atoms in total. The first-order valence-electron chi connectivity index (χ1n) is 6.04. The minimum Gasteiger partial charge on any atom is -0.398 e. The standard InChI is InChI=1S/C16H19N/c1-11(2)13-6-8-14(9-7-13)15-5-4-12(3)16(17)10-15/h4-11H,17H2,1-3H3. The van der Waals surface area contributed by atoms with E-state index in [1.807, 2.05) is 13.0 Å². The van der Waals surface area contributed by atoms with E-state index in [0.29, 0.717) is 5.92 Å². The molecule has 0 spiro atoms. The zero-order chi connectivity index (χ0) is 12.4. The lowest BCUT2D eigenvalue weighted by molar-refractivity contribution is 0.867. The molecule has 0 bridgehead atoms. The summed E-state index contributed by atoms with van der Waals surface area (Å²) in [6, 6.07) is 14.9. The summed E-state index contributed by atoms with van der Waals surface area (Å²) in [5.41, 5.74) is 11.7. The summed E-state index contributed by atoms with van der Waals surface area (Å²) < 4.78 is 0. The third-order valence-corrected chi connectivity index (χ3v) is 3.19. The van der Waals surface area contributed by atoms with Gasteiger partial charge in [0, 0.05) is 5.69 Å². The van der Waals surface area contributed by atoms with Crippen LogP contribution >= 0.6 is 0 Å². The van der Waals surface area contributed by atoms with E-state index >= 15 is 0 Å². The van der Waals surface area contributed by atoms with Crippen molar-refractivity contribution in [2.75, 3.05) is 5.73 Å². The number of hydrogen-bond acceptors (Lipinski definition) is 1. The fourth-order valence-electron chi connectivity index (χ4n) is 1.88. The largest absolute Gasteiger partial charge is 0.398 e. The number of anilines is 1. The SMILES string of the molecule is Cc1ccc(-c2ccc(C(C)C)cc2)cc1N. The second-order valence-electron chi connectivity index (χ2n) is 4.85. The van der Waals surface area contributed by atoms with Crippen LogP contribution in [0.3, 0.4) is 0 Å². The molecule has 0 radical (unpaired) electrons. The lowest BCUT2D eigenvalue weighted by Gasteiger charge is -2.08. The highest BCUT2D eigenvalue weighted by Gasteiger charge is 2.02. The van der Waals surface area contributed by atoms with Gasteiger partial charge in [0.15, 0.2) is 0 Å². The van der Waals surface area contributed by atoms with Gasteiger partial charge in [-0.3, -0.25) is 0 Å². The van der Waals surface area contributed by atoms with Gasteiger partial charge in [0.05, 0.1) is 0 Å².